The summed E-state index contributed by atoms with van der Waals surface area (Å²) in [6.45, 7) is 15.7. The van der Waals surface area contributed by atoms with Crippen molar-refractivity contribution in [3.05, 3.63) is 59.7 Å². The average molecular weight is 548 g/mol. The molecule has 1 saturated heterocycles. The van der Waals surface area contributed by atoms with Gasteiger partial charge in [0.25, 0.3) is 0 Å². The van der Waals surface area contributed by atoms with Crippen LogP contribution in [0.2, 0.25) is 16.6 Å². The predicted molar refractivity (Wildman–Crippen MR) is 152 cm³/mol. The second kappa shape index (κ2) is 12.0. The van der Waals surface area contributed by atoms with E-state index in [1.807, 2.05) is 43.3 Å². The Morgan fingerprint density at radius 1 is 0.946 bits per heavy atom. The largest absolute Gasteiger partial charge is 0.497 e. The number of β-amino-alcohol motifs (C(OH)–C–C–N with tert-alkyl or cyclic N) is 1. The summed E-state index contributed by atoms with van der Waals surface area (Å²) >= 11 is 0. The number of aliphatic hydroxyl groups is 1. The lowest BCUT2D eigenvalue weighted by Gasteiger charge is -2.46. The Labute approximate surface area is 225 Å². The zero-order valence-electron chi connectivity index (χ0n) is 23.6. The molecule has 0 spiro atoms. The van der Waals surface area contributed by atoms with Gasteiger partial charge in [-0.2, -0.15) is 4.31 Å². The van der Waals surface area contributed by atoms with Crippen molar-refractivity contribution in [3.63, 3.8) is 0 Å². The van der Waals surface area contributed by atoms with Crippen molar-refractivity contribution in [2.45, 2.75) is 94.5 Å². The van der Waals surface area contributed by atoms with Crippen LogP contribution < -0.4 is 4.74 Å². The Balaban J connectivity index is 1.99. The van der Waals surface area contributed by atoms with E-state index in [0.29, 0.717) is 29.7 Å². The highest BCUT2D eigenvalue weighted by atomic mass is 32.2. The van der Waals surface area contributed by atoms with E-state index in [1.54, 1.807) is 19.2 Å². The van der Waals surface area contributed by atoms with Crippen molar-refractivity contribution >= 4 is 18.3 Å². The highest BCUT2D eigenvalue weighted by Gasteiger charge is 2.48. The molecule has 6 nitrogen and oxygen atoms in total. The van der Waals surface area contributed by atoms with E-state index in [4.69, 9.17) is 9.16 Å². The first-order valence-corrected chi connectivity index (χ1v) is 17.0. The third kappa shape index (κ3) is 6.14. The van der Waals surface area contributed by atoms with Gasteiger partial charge in [-0.3, -0.25) is 0 Å². The zero-order valence-corrected chi connectivity index (χ0v) is 25.5. The van der Waals surface area contributed by atoms with Gasteiger partial charge in [0.1, 0.15) is 5.75 Å². The molecule has 1 heterocycles. The fourth-order valence-corrected chi connectivity index (χ4v) is 13.4. The lowest BCUT2D eigenvalue weighted by atomic mass is 9.84. The first-order chi connectivity index (χ1) is 17.3. The third-order valence-electron chi connectivity index (χ3n) is 8.17. The van der Waals surface area contributed by atoms with Crippen molar-refractivity contribution in [2.24, 2.45) is 0 Å². The minimum atomic E-state index is -3.82. The maximum atomic E-state index is 13.9. The summed E-state index contributed by atoms with van der Waals surface area (Å²) in [5.41, 5.74) is 3.15. The normalized spacial score (nSPS) is 21.7. The lowest BCUT2D eigenvalue weighted by Crippen LogP contribution is -2.56. The van der Waals surface area contributed by atoms with Crippen LogP contribution in [0.4, 0.5) is 0 Å². The Morgan fingerprint density at radius 3 is 1.97 bits per heavy atom. The minimum absolute atomic E-state index is 0.0283. The van der Waals surface area contributed by atoms with Gasteiger partial charge in [-0.25, -0.2) is 8.42 Å². The molecule has 0 unspecified atom stereocenters. The number of sulfonamides is 1. The molecule has 3 rings (SSSR count). The maximum absolute atomic E-state index is 13.9. The van der Waals surface area contributed by atoms with Crippen LogP contribution in [0.3, 0.4) is 0 Å². The fourth-order valence-electron chi connectivity index (χ4n) is 6.27. The van der Waals surface area contributed by atoms with E-state index in [-0.39, 0.29) is 23.4 Å². The SMILES string of the molecule is COc1ccc([C@H]2C[C@@H](CO[Si](C(C)C)(C(C)C)C(C)C)N(S(=O)(=O)c3ccc(C)cc3)C[C@@H]2O)cc1. The molecule has 2 aromatic rings. The summed E-state index contributed by atoms with van der Waals surface area (Å²) in [7, 11) is -4.41. The van der Waals surface area contributed by atoms with Crippen LogP contribution in [0, 0.1) is 6.92 Å². The molecular weight excluding hydrogens is 502 g/mol. The van der Waals surface area contributed by atoms with E-state index in [9.17, 15) is 13.5 Å². The number of hydrogen-bond donors (Lipinski definition) is 1. The molecule has 37 heavy (non-hydrogen) atoms. The summed E-state index contributed by atoms with van der Waals surface area (Å²) in [5, 5.41) is 11.2. The van der Waals surface area contributed by atoms with Gasteiger partial charge in [-0.1, -0.05) is 71.4 Å². The smallest absolute Gasteiger partial charge is 0.243 e. The highest BCUT2D eigenvalue weighted by molar-refractivity contribution is 7.89. The van der Waals surface area contributed by atoms with E-state index in [0.717, 1.165) is 16.9 Å². The molecule has 8 heteroatoms. The first kappa shape index (κ1) is 29.8. The zero-order chi connectivity index (χ0) is 27.5. The minimum Gasteiger partial charge on any atom is -0.497 e. The van der Waals surface area contributed by atoms with E-state index < -0.39 is 24.4 Å². The molecule has 1 aliphatic rings. The monoisotopic (exact) mass is 547 g/mol. The molecule has 206 valence electrons. The summed E-state index contributed by atoms with van der Waals surface area (Å²) in [6.07, 6.45) is -0.343. The number of rotatable bonds is 10. The molecule has 0 saturated carbocycles. The average Bonchev–Trinajstić information content (AvgIpc) is 2.84. The van der Waals surface area contributed by atoms with Gasteiger partial charge in [-0.05, 0) is 59.8 Å². The van der Waals surface area contributed by atoms with Gasteiger partial charge in [-0.15, -0.1) is 0 Å². The molecular formula is C29H45NO5SSi. The van der Waals surface area contributed by atoms with Gasteiger partial charge >= 0.3 is 0 Å². The molecule has 1 aliphatic heterocycles. The van der Waals surface area contributed by atoms with Crippen molar-refractivity contribution in [3.8, 4) is 5.75 Å². The van der Waals surface area contributed by atoms with Crippen LogP contribution in [0.5, 0.6) is 5.75 Å². The fraction of sp³-hybridized carbons (Fsp3) is 0.586. The van der Waals surface area contributed by atoms with Crippen LogP contribution in [0.25, 0.3) is 0 Å². The maximum Gasteiger partial charge on any atom is 0.243 e. The molecule has 1 fully saturated rings. The van der Waals surface area contributed by atoms with Crippen LogP contribution in [-0.2, 0) is 14.4 Å². The number of nitrogens with zero attached hydrogens (tertiary/aromatic N) is 1. The summed E-state index contributed by atoms with van der Waals surface area (Å²) in [6, 6.07) is 14.2. The van der Waals surface area contributed by atoms with Gasteiger partial charge in [0, 0.05) is 18.5 Å². The summed E-state index contributed by atoms with van der Waals surface area (Å²) in [4.78, 5) is 0.248. The molecule has 0 amide bonds. The molecule has 3 atom stereocenters. The Hall–Kier alpha value is -1.71. The van der Waals surface area contributed by atoms with E-state index >= 15 is 0 Å². The highest BCUT2D eigenvalue weighted by Crippen LogP contribution is 2.43. The predicted octanol–water partition coefficient (Wildman–Crippen LogP) is 6.10. The van der Waals surface area contributed by atoms with E-state index in [2.05, 4.69) is 41.5 Å². The Bertz CT molecular complexity index is 1090. The molecule has 1 N–H and O–H groups in total. The number of benzene rings is 2. The third-order valence-corrected chi connectivity index (χ3v) is 16.2. The lowest BCUT2D eigenvalue weighted by molar-refractivity contribution is 0.0416. The van der Waals surface area contributed by atoms with Crippen LogP contribution in [0.1, 0.15) is 65.0 Å². The van der Waals surface area contributed by atoms with Gasteiger partial charge in [0.15, 0.2) is 8.32 Å². The molecule has 0 aliphatic carbocycles. The molecule has 0 radical (unpaired) electrons. The number of piperidine rings is 1. The number of aryl methyl sites for hydroxylation is 1. The first-order valence-electron chi connectivity index (χ1n) is 13.4. The van der Waals surface area contributed by atoms with Crippen LogP contribution >= 0.6 is 0 Å². The van der Waals surface area contributed by atoms with Crippen molar-refractivity contribution in [2.75, 3.05) is 20.3 Å². The number of methoxy groups -OCH3 is 1. The quantitative estimate of drug-likeness (QED) is 0.364. The molecule has 0 aromatic heterocycles. The van der Waals surface area contributed by atoms with Crippen molar-refractivity contribution < 1.29 is 22.7 Å². The summed E-state index contributed by atoms with van der Waals surface area (Å²) < 4.78 is 41.4. The van der Waals surface area contributed by atoms with Crippen LogP contribution in [0.15, 0.2) is 53.4 Å². The van der Waals surface area contributed by atoms with Crippen molar-refractivity contribution in [1.82, 2.24) is 4.31 Å². The number of hydrogen-bond acceptors (Lipinski definition) is 5. The van der Waals surface area contributed by atoms with Gasteiger partial charge in [0.2, 0.25) is 10.0 Å². The van der Waals surface area contributed by atoms with Crippen molar-refractivity contribution in [1.29, 1.82) is 0 Å². The Morgan fingerprint density at radius 2 is 1.49 bits per heavy atom. The Kier molecular flexibility index (Phi) is 9.67. The molecule has 2 aromatic carbocycles. The number of aliphatic hydroxyl groups excluding tert-OH is 1. The summed E-state index contributed by atoms with van der Waals surface area (Å²) in [5.74, 6) is 0.552. The standard InChI is InChI=1S/C29H45NO5SSi/c1-20(2)37(21(3)4,22(5)6)35-19-25-17-28(24-11-13-26(34-8)14-12-24)29(31)18-30(25)36(32,33)27-15-9-23(7)10-16-27/h9-16,20-22,25,28-29,31H,17-19H2,1-8H3/t25-,28+,29-/m0/s1. The molecule has 0 bridgehead atoms. The topological polar surface area (TPSA) is 76.1 Å². The van der Waals surface area contributed by atoms with Crippen LogP contribution in [-0.4, -0.2) is 58.6 Å². The van der Waals surface area contributed by atoms with Gasteiger partial charge < -0.3 is 14.3 Å². The van der Waals surface area contributed by atoms with Gasteiger partial charge in [0.05, 0.1) is 24.7 Å². The second-order valence-corrected chi connectivity index (χ2v) is 18.7. The second-order valence-electron chi connectivity index (χ2n) is 11.4. The van der Waals surface area contributed by atoms with E-state index in [1.165, 1.54) is 4.31 Å². The number of ether oxygens (including phenoxy) is 1.